The highest BCUT2D eigenvalue weighted by Crippen LogP contribution is 2.32. The molecule has 2 N–H and O–H groups in total. The van der Waals surface area contributed by atoms with Gasteiger partial charge in [0, 0.05) is 18.0 Å². The van der Waals surface area contributed by atoms with E-state index >= 15 is 0 Å². The largest absolute Gasteiger partial charge is 0.325 e. The number of nitrogens with zero attached hydrogens (tertiary/aromatic N) is 2. The number of rotatable bonds is 5. The molecule has 0 atom stereocenters. The number of aromatic nitrogens is 2. The van der Waals surface area contributed by atoms with E-state index in [2.05, 4.69) is 21.0 Å². The summed E-state index contributed by atoms with van der Waals surface area (Å²) in [6.07, 6.45) is 1.19. The summed E-state index contributed by atoms with van der Waals surface area (Å²) >= 11 is 3.54. The molecule has 0 aliphatic rings. The molecule has 0 unspecified atom stereocenters. The van der Waals surface area contributed by atoms with Gasteiger partial charge in [-0.3, -0.25) is 9.48 Å². The maximum atomic E-state index is 12.5. The Hall–Kier alpha value is -0.680. The van der Waals surface area contributed by atoms with Crippen molar-refractivity contribution in [1.82, 2.24) is 9.78 Å². The first-order chi connectivity index (χ1) is 8.52. The number of hydrogen-bond donors (Lipinski definition) is 1. The van der Waals surface area contributed by atoms with Crippen molar-refractivity contribution in [3.05, 3.63) is 15.9 Å². The summed E-state index contributed by atoms with van der Waals surface area (Å²) in [5.41, 5.74) is 6.88. The normalized spacial score (nSPS) is 12.8. The molecule has 0 saturated carbocycles. The average molecular weight is 330 g/mol. The highest BCUT2D eigenvalue weighted by Gasteiger charge is 2.40. The summed E-state index contributed by atoms with van der Waals surface area (Å²) < 4.78 is 2.72. The van der Waals surface area contributed by atoms with E-state index in [9.17, 15) is 4.79 Å². The van der Waals surface area contributed by atoms with Crippen molar-refractivity contribution in [3.63, 3.8) is 0 Å². The second kappa shape index (κ2) is 5.37. The van der Waals surface area contributed by atoms with Gasteiger partial charge in [0.15, 0.2) is 0 Å². The number of nitrogens with two attached hydrogens (primary N) is 1. The van der Waals surface area contributed by atoms with Crippen molar-refractivity contribution >= 4 is 21.7 Å². The number of halogens is 1. The number of ketones is 1. The number of carbonyl (C=O) groups is 1. The minimum atomic E-state index is -0.580. The van der Waals surface area contributed by atoms with E-state index in [0.717, 1.165) is 22.3 Å². The van der Waals surface area contributed by atoms with Crippen LogP contribution in [0.4, 0.5) is 0 Å². The topological polar surface area (TPSA) is 60.9 Å². The fourth-order valence-electron chi connectivity index (χ4n) is 1.74. The van der Waals surface area contributed by atoms with Gasteiger partial charge in [-0.2, -0.15) is 5.10 Å². The molecule has 19 heavy (non-hydrogen) atoms. The molecular formula is C14H24BrN3O. The van der Waals surface area contributed by atoms with Gasteiger partial charge in [0.1, 0.15) is 5.78 Å². The lowest BCUT2D eigenvalue weighted by molar-refractivity contribution is -0.129. The Morgan fingerprint density at radius 2 is 1.89 bits per heavy atom. The third-order valence-electron chi connectivity index (χ3n) is 4.14. The van der Waals surface area contributed by atoms with Gasteiger partial charge < -0.3 is 5.73 Å². The van der Waals surface area contributed by atoms with Crippen molar-refractivity contribution in [3.8, 4) is 0 Å². The summed E-state index contributed by atoms with van der Waals surface area (Å²) in [4.78, 5) is 12.5. The first-order valence-corrected chi connectivity index (χ1v) is 7.34. The van der Waals surface area contributed by atoms with Crippen LogP contribution in [0.3, 0.4) is 0 Å². The molecule has 0 amide bonds. The molecular weight excluding hydrogens is 306 g/mol. The number of Topliss-reactive ketones (excluding diaryl/α,β-unsaturated/α-hetero) is 1. The first kappa shape index (κ1) is 16.4. The third-order valence-corrected chi connectivity index (χ3v) is 5.05. The molecule has 0 saturated heterocycles. The minimum absolute atomic E-state index is 0.131. The molecule has 0 bridgehead atoms. The molecule has 0 aliphatic heterocycles. The predicted molar refractivity (Wildman–Crippen MR) is 81.0 cm³/mol. The number of hydrogen-bond acceptors (Lipinski definition) is 3. The maximum absolute atomic E-state index is 12.5. The molecule has 1 aromatic heterocycles. The Labute approximate surface area is 123 Å². The highest BCUT2D eigenvalue weighted by atomic mass is 79.9. The molecule has 1 aromatic rings. The Balaban J connectivity index is 3.05. The van der Waals surface area contributed by atoms with E-state index in [4.69, 9.17) is 5.73 Å². The lowest BCUT2D eigenvalue weighted by Crippen LogP contribution is -2.52. The van der Waals surface area contributed by atoms with E-state index < -0.39 is 11.0 Å². The molecule has 4 nitrogen and oxygen atoms in total. The quantitative estimate of drug-likeness (QED) is 0.903. The molecule has 0 aromatic carbocycles. The molecule has 108 valence electrons. The second-order valence-electron chi connectivity index (χ2n) is 6.13. The summed E-state index contributed by atoms with van der Waals surface area (Å²) in [7, 11) is 1.87. The molecule has 1 rings (SSSR count). The fourth-order valence-corrected chi connectivity index (χ4v) is 2.50. The van der Waals surface area contributed by atoms with Crippen LogP contribution in [0, 0.1) is 5.41 Å². The second-order valence-corrected chi connectivity index (χ2v) is 6.92. The van der Waals surface area contributed by atoms with E-state index in [1.165, 1.54) is 0 Å². The van der Waals surface area contributed by atoms with Gasteiger partial charge in [-0.1, -0.05) is 20.8 Å². The summed E-state index contributed by atoms with van der Waals surface area (Å²) in [5.74, 6) is 0.131. The van der Waals surface area contributed by atoms with E-state index in [1.807, 2.05) is 41.7 Å². The number of carbonyl (C=O) groups excluding carboxylic acids is 1. The van der Waals surface area contributed by atoms with Crippen LogP contribution in [0.25, 0.3) is 0 Å². The first-order valence-electron chi connectivity index (χ1n) is 6.54. The fraction of sp³-hybridized carbons (Fsp3) is 0.714. The lowest BCUT2D eigenvalue weighted by atomic mass is 9.71. The Morgan fingerprint density at radius 1 is 1.37 bits per heavy atom. The zero-order valence-corrected chi connectivity index (χ0v) is 14.3. The molecule has 1 heterocycles. The van der Waals surface area contributed by atoms with Crippen LogP contribution >= 0.6 is 15.9 Å². The lowest BCUT2D eigenvalue weighted by Gasteiger charge is -2.37. The van der Waals surface area contributed by atoms with Crippen molar-refractivity contribution in [2.45, 2.75) is 53.0 Å². The van der Waals surface area contributed by atoms with Gasteiger partial charge in [0.2, 0.25) is 0 Å². The Kier molecular flexibility index (Phi) is 4.62. The van der Waals surface area contributed by atoms with Crippen LogP contribution in [0.2, 0.25) is 0 Å². The summed E-state index contributed by atoms with van der Waals surface area (Å²) in [5, 5.41) is 4.41. The van der Waals surface area contributed by atoms with Crippen LogP contribution in [-0.2, 0) is 24.7 Å². The Morgan fingerprint density at radius 3 is 2.26 bits per heavy atom. The highest BCUT2D eigenvalue weighted by molar-refractivity contribution is 9.10. The van der Waals surface area contributed by atoms with Gasteiger partial charge in [0.25, 0.3) is 0 Å². The van der Waals surface area contributed by atoms with Gasteiger partial charge in [-0.05, 0) is 36.2 Å². The molecule has 5 heteroatoms. The average Bonchev–Trinajstić information content (AvgIpc) is 2.54. The van der Waals surface area contributed by atoms with Crippen molar-refractivity contribution < 1.29 is 4.79 Å². The van der Waals surface area contributed by atoms with Gasteiger partial charge in [0.05, 0.1) is 22.3 Å². The van der Waals surface area contributed by atoms with Crippen molar-refractivity contribution in [1.29, 1.82) is 0 Å². The van der Waals surface area contributed by atoms with Gasteiger partial charge in [-0.25, -0.2) is 0 Å². The summed E-state index contributed by atoms with van der Waals surface area (Å²) in [6, 6.07) is 0. The predicted octanol–water partition coefficient (Wildman–Crippen LogP) is 2.62. The van der Waals surface area contributed by atoms with Gasteiger partial charge in [-0.15, -0.1) is 0 Å². The minimum Gasteiger partial charge on any atom is -0.325 e. The third kappa shape index (κ3) is 3.08. The van der Waals surface area contributed by atoms with E-state index in [0.29, 0.717) is 6.42 Å². The molecule has 0 radical (unpaired) electrons. The van der Waals surface area contributed by atoms with Crippen LogP contribution in [0.1, 0.15) is 46.0 Å². The van der Waals surface area contributed by atoms with Crippen LogP contribution in [-0.4, -0.2) is 21.1 Å². The monoisotopic (exact) mass is 329 g/mol. The number of aryl methyl sites for hydroxylation is 2. The Bertz CT molecular complexity index is 484. The van der Waals surface area contributed by atoms with E-state index in [1.54, 1.807) is 4.68 Å². The smallest absolute Gasteiger partial charge is 0.146 e. The van der Waals surface area contributed by atoms with Crippen molar-refractivity contribution in [2.75, 3.05) is 0 Å². The standard InChI is InChI=1S/C14H24BrN3O/c1-7-9-12(15)10(18(6)17-9)8-11(19)13(2,3)14(4,5)16/h7-8,16H2,1-6H3. The SMILES string of the molecule is CCc1nn(C)c(CC(=O)C(C)(C)C(C)(C)N)c1Br. The molecule has 0 aliphatic carbocycles. The maximum Gasteiger partial charge on any atom is 0.146 e. The van der Waals surface area contributed by atoms with Crippen LogP contribution in [0.15, 0.2) is 4.47 Å². The van der Waals surface area contributed by atoms with Crippen molar-refractivity contribution in [2.24, 2.45) is 18.2 Å². The van der Waals surface area contributed by atoms with Crippen LogP contribution < -0.4 is 5.73 Å². The van der Waals surface area contributed by atoms with E-state index in [-0.39, 0.29) is 5.78 Å². The molecule has 0 fully saturated rings. The summed E-state index contributed by atoms with van der Waals surface area (Å²) in [6.45, 7) is 9.63. The van der Waals surface area contributed by atoms with Gasteiger partial charge >= 0.3 is 0 Å². The van der Waals surface area contributed by atoms with Crippen LogP contribution in [0.5, 0.6) is 0 Å². The molecule has 0 spiro atoms. The zero-order chi connectivity index (χ0) is 15.0. The zero-order valence-electron chi connectivity index (χ0n) is 12.7.